The van der Waals surface area contributed by atoms with Crippen LogP contribution in [0.4, 0.5) is 0 Å². The number of amides is 1. The van der Waals surface area contributed by atoms with E-state index in [1.807, 2.05) is 18.2 Å². The molecule has 5 nitrogen and oxygen atoms in total. The van der Waals surface area contributed by atoms with E-state index in [0.29, 0.717) is 18.1 Å². The number of hydrogen-bond acceptors (Lipinski definition) is 5. The largest absolute Gasteiger partial charge is 0.364 e. The van der Waals surface area contributed by atoms with E-state index in [0.717, 1.165) is 28.1 Å². The quantitative estimate of drug-likeness (QED) is 0.876. The molecule has 3 N–H and O–H groups in total. The molecule has 0 aliphatic carbocycles. The number of benzene rings is 1. The van der Waals surface area contributed by atoms with Crippen molar-refractivity contribution in [1.82, 2.24) is 10.3 Å². The summed E-state index contributed by atoms with van der Waals surface area (Å²) < 4.78 is 6.62. The smallest absolute Gasteiger partial charge is 0.249 e. The fourth-order valence-corrected chi connectivity index (χ4v) is 3.43. The number of thiazole rings is 1. The van der Waals surface area contributed by atoms with Crippen LogP contribution in [-0.2, 0) is 16.1 Å². The third-order valence-corrected chi connectivity index (χ3v) is 4.74. The molecule has 2 aromatic rings. The van der Waals surface area contributed by atoms with Gasteiger partial charge in [-0.2, -0.15) is 0 Å². The SMILES string of the molecule is Cl.NC[C@H]1CC[C@@H](C(=O)NCc2nc3cc(Cl)ccc3s2)O1. The van der Waals surface area contributed by atoms with Crippen LogP contribution in [0.3, 0.4) is 0 Å². The highest BCUT2D eigenvalue weighted by molar-refractivity contribution is 7.18. The van der Waals surface area contributed by atoms with Gasteiger partial charge in [0, 0.05) is 11.6 Å². The molecule has 0 bridgehead atoms. The fourth-order valence-electron chi connectivity index (χ4n) is 2.37. The summed E-state index contributed by atoms with van der Waals surface area (Å²) in [7, 11) is 0. The molecule has 22 heavy (non-hydrogen) atoms. The molecule has 0 spiro atoms. The summed E-state index contributed by atoms with van der Waals surface area (Å²) in [5, 5.41) is 4.39. The molecule has 1 aliphatic rings. The van der Waals surface area contributed by atoms with Gasteiger partial charge in [0.25, 0.3) is 0 Å². The zero-order valence-corrected chi connectivity index (χ0v) is 14.1. The van der Waals surface area contributed by atoms with Gasteiger partial charge in [-0.1, -0.05) is 11.6 Å². The number of ether oxygens (including phenoxy) is 1. The maximum atomic E-state index is 12.0. The van der Waals surface area contributed by atoms with Crippen LogP contribution in [0, 0.1) is 0 Å². The molecular formula is C14H17Cl2N3O2S. The minimum Gasteiger partial charge on any atom is -0.364 e. The molecule has 1 amide bonds. The highest BCUT2D eigenvalue weighted by Gasteiger charge is 2.29. The monoisotopic (exact) mass is 361 g/mol. The second-order valence-electron chi connectivity index (χ2n) is 5.00. The molecule has 1 fully saturated rings. The van der Waals surface area contributed by atoms with Gasteiger partial charge in [-0.25, -0.2) is 4.98 Å². The van der Waals surface area contributed by atoms with Crippen LogP contribution in [0.15, 0.2) is 18.2 Å². The Morgan fingerprint density at radius 3 is 3.05 bits per heavy atom. The molecule has 2 heterocycles. The number of nitrogens with two attached hydrogens (primary N) is 1. The van der Waals surface area contributed by atoms with Crippen molar-refractivity contribution in [1.29, 1.82) is 0 Å². The number of nitrogens with one attached hydrogen (secondary N) is 1. The van der Waals surface area contributed by atoms with Crippen LogP contribution in [0.5, 0.6) is 0 Å². The van der Waals surface area contributed by atoms with Crippen molar-refractivity contribution in [3.05, 3.63) is 28.2 Å². The predicted molar refractivity (Wildman–Crippen MR) is 90.7 cm³/mol. The summed E-state index contributed by atoms with van der Waals surface area (Å²) >= 11 is 7.49. The molecule has 8 heteroatoms. The van der Waals surface area contributed by atoms with Crippen molar-refractivity contribution >= 4 is 51.5 Å². The Hall–Kier alpha value is -0.920. The van der Waals surface area contributed by atoms with Crippen LogP contribution in [-0.4, -0.2) is 29.6 Å². The number of rotatable bonds is 4. The van der Waals surface area contributed by atoms with Crippen molar-refractivity contribution in [2.45, 2.75) is 31.6 Å². The summed E-state index contributed by atoms with van der Waals surface area (Å²) in [6.07, 6.45) is 1.19. The van der Waals surface area contributed by atoms with E-state index in [1.54, 1.807) is 11.3 Å². The maximum absolute atomic E-state index is 12.0. The first-order chi connectivity index (χ1) is 10.2. The first-order valence-electron chi connectivity index (χ1n) is 6.84. The molecule has 1 saturated heterocycles. The topological polar surface area (TPSA) is 77.2 Å². The normalized spacial score (nSPS) is 20.8. The summed E-state index contributed by atoms with van der Waals surface area (Å²) in [4.78, 5) is 16.5. The first-order valence-corrected chi connectivity index (χ1v) is 8.03. The van der Waals surface area contributed by atoms with Crippen LogP contribution in [0.2, 0.25) is 5.02 Å². The molecule has 1 aromatic heterocycles. The van der Waals surface area contributed by atoms with E-state index < -0.39 is 0 Å². The molecule has 120 valence electrons. The Morgan fingerprint density at radius 2 is 2.32 bits per heavy atom. The molecule has 0 unspecified atom stereocenters. The van der Waals surface area contributed by atoms with Crippen LogP contribution < -0.4 is 11.1 Å². The van der Waals surface area contributed by atoms with E-state index >= 15 is 0 Å². The third-order valence-electron chi connectivity index (χ3n) is 3.47. The second-order valence-corrected chi connectivity index (χ2v) is 6.55. The zero-order chi connectivity index (χ0) is 14.8. The number of fused-ring (bicyclic) bond motifs is 1. The van der Waals surface area contributed by atoms with Crippen molar-refractivity contribution in [3.63, 3.8) is 0 Å². The standard InChI is InChI=1S/C14H16ClN3O2S.ClH/c15-8-1-4-12-10(5-8)18-13(21-12)7-17-14(19)11-3-2-9(6-16)20-11;/h1,4-5,9,11H,2-3,6-7,16H2,(H,17,19);1H/t9-,11+;/m1./s1. The lowest BCUT2D eigenvalue weighted by molar-refractivity contribution is -0.132. The first kappa shape index (κ1) is 17.4. The highest BCUT2D eigenvalue weighted by atomic mass is 35.5. The molecule has 1 aliphatic heterocycles. The lowest BCUT2D eigenvalue weighted by Gasteiger charge is -2.11. The van der Waals surface area contributed by atoms with Gasteiger partial charge in [-0.3, -0.25) is 4.79 Å². The molecule has 1 aromatic carbocycles. The highest BCUT2D eigenvalue weighted by Crippen LogP contribution is 2.25. The van der Waals surface area contributed by atoms with Crippen LogP contribution in [0.25, 0.3) is 10.2 Å². The lowest BCUT2D eigenvalue weighted by atomic mass is 10.2. The lowest BCUT2D eigenvalue weighted by Crippen LogP contribution is -2.35. The number of nitrogens with zero attached hydrogens (tertiary/aromatic N) is 1. The second kappa shape index (κ2) is 7.57. The average Bonchev–Trinajstić information content (AvgIpc) is 3.10. The average molecular weight is 362 g/mol. The molecule has 3 rings (SSSR count). The van der Waals surface area contributed by atoms with Gasteiger partial charge in [0.1, 0.15) is 11.1 Å². The zero-order valence-electron chi connectivity index (χ0n) is 11.8. The van der Waals surface area contributed by atoms with E-state index in [9.17, 15) is 4.79 Å². The van der Waals surface area contributed by atoms with Crippen LogP contribution in [0.1, 0.15) is 17.8 Å². The number of carbonyl (C=O) groups excluding carboxylic acids is 1. The Balaban J connectivity index is 0.00000176. The van der Waals surface area contributed by atoms with Crippen molar-refractivity contribution in [3.8, 4) is 0 Å². The van der Waals surface area contributed by atoms with E-state index in [1.165, 1.54) is 0 Å². The molecular weight excluding hydrogens is 345 g/mol. The van der Waals surface area contributed by atoms with Gasteiger partial charge >= 0.3 is 0 Å². The summed E-state index contributed by atoms with van der Waals surface area (Å²) in [6.45, 7) is 0.866. The van der Waals surface area contributed by atoms with Crippen molar-refractivity contribution in [2.75, 3.05) is 6.54 Å². The minimum atomic E-state index is -0.387. The molecule has 0 saturated carbocycles. The van der Waals surface area contributed by atoms with Crippen molar-refractivity contribution in [2.24, 2.45) is 5.73 Å². The van der Waals surface area contributed by atoms with Gasteiger partial charge < -0.3 is 15.8 Å². The van der Waals surface area contributed by atoms with E-state index in [4.69, 9.17) is 22.1 Å². The summed E-state index contributed by atoms with van der Waals surface area (Å²) in [5.74, 6) is -0.0942. The van der Waals surface area contributed by atoms with E-state index in [-0.39, 0.29) is 30.5 Å². The Morgan fingerprint density at radius 1 is 1.50 bits per heavy atom. The van der Waals surface area contributed by atoms with Crippen molar-refractivity contribution < 1.29 is 9.53 Å². The molecule has 2 atom stereocenters. The fraction of sp³-hybridized carbons (Fsp3) is 0.429. The number of aromatic nitrogens is 1. The van der Waals surface area contributed by atoms with E-state index in [2.05, 4.69) is 10.3 Å². The summed E-state index contributed by atoms with van der Waals surface area (Å²) in [5.41, 5.74) is 6.40. The number of carbonyl (C=O) groups is 1. The molecule has 0 radical (unpaired) electrons. The third kappa shape index (κ3) is 3.88. The van der Waals surface area contributed by atoms with Gasteiger partial charge in [-0.15, -0.1) is 23.7 Å². The Kier molecular flexibility index (Phi) is 6.00. The number of hydrogen-bond donors (Lipinski definition) is 2. The Labute approximate surface area is 143 Å². The maximum Gasteiger partial charge on any atom is 0.249 e. The van der Waals surface area contributed by atoms with Gasteiger partial charge in [0.2, 0.25) is 5.91 Å². The van der Waals surface area contributed by atoms with Gasteiger partial charge in [0.05, 0.1) is 22.9 Å². The van der Waals surface area contributed by atoms with Gasteiger partial charge in [-0.05, 0) is 31.0 Å². The number of halogens is 2. The predicted octanol–water partition coefficient (Wildman–Crippen LogP) is 2.49. The summed E-state index contributed by atoms with van der Waals surface area (Å²) in [6, 6.07) is 5.60. The van der Waals surface area contributed by atoms with Crippen LogP contribution >= 0.6 is 35.3 Å². The van der Waals surface area contributed by atoms with Gasteiger partial charge in [0.15, 0.2) is 0 Å². The Bertz CT molecular complexity index is 665. The minimum absolute atomic E-state index is 0.